The highest BCUT2D eigenvalue weighted by molar-refractivity contribution is 5.82. The van der Waals surface area contributed by atoms with E-state index >= 15 is 0 Å². The van der Waals surface area contributed by atoms with Crippen LogP contribution in [0.3, 0.4) is 0 Å². The molecule has 0 fully saturated rings. The number of carbonyl (C=O) groups excluding carboxylic acids is 2. The predicted molar refractivity (Wildman–Crippen MR) is 96.7 cm³/mol. The molecule has 0 aromatic heterocycles. The molecule has 0 spiro atoms. The van der Waals surface area contributed by atoms with E-state index in [1.807, 2.05) is 30.3 Å². The lowest BCUT2D eigenvalue weighted by molar-refractivity contribution is -0.181. The summed E-state index contributed by atoms with van der Waals surface area (Å²) in [5, 5.41) is 0. The second-order valence-electron chi connectivity index (χ2n) is 5.77. The first kappa shape index (κ1) is 19.4. The molecule has 136 valence electrons. The van der Waals surface area contributed by atoms with Crippen LogP contribution in [0.4, 0.5) is 4.39 Å². The SMILES string of the molecule is CC=CC(=O)OC(C)OC(=O)C(C)c1ccc(-c2ccccc2)c(F)c1. The van der Waals surface area contributed by atoms with Gasteiger partial charge in [0, 0.05) is 18.6 Å². The van der Waals surface area contributed by atoms with Gasteiger partial charge in [-0.2, -0.15) is 0 Å². The number of benzene rings is 2. The van der Waals surface area contributed by atoms with Crippen LogP contribution in [0.1, 0.15) is 32.3 Å². The Bertz CT molecular complexity index is 799. The lowest BCUT2D eigenvalue weighted by atomic mass is 9.97. The Labute approximate surface area is 152 Å². The number of halogens is 1. The molecule has 4 nitrogen and oxygen atoms in total. The van der Waals surface area contributed by atoms with E-state index in [0.717, 1.165) is 5.56 Å². The minimum Gasteiger partial charge on any atom is -0.425 e. The highest BCUT2D eigenvalue weighted by atomic mass is 19.1. The maximum atomic E-state index is 14.4. The Kier molecular flexibility index (Phi) is 6.67. The minimum absolute atomic E-state index is 0.416. The first-order valence-corrected chi connectivity index (χ1v) is 8.31. The second kappa shape index (κ2) is 8.94. The normalized spacial score (nSPS) is 13.2. The molecule has 0 aliphatic carbocycles. The lowest BCUT2D eigenvalue weighted by Gasteiger charge is -2.17. The maximum Gasteiger partial charge on any atom is 0.333 e. The zero-order valence-electron chi connectivity index (χ0n) is 14.9. The van der Waals surface area contributed by atoms with Crippen molar-refractivity contribution in [2.45, 2.75) is 33.0 Å². The number of esters is 2. The predicted octanol–water partition coefficient (Wildman–Crippen LogP) is 4.60. The molecular formula is C21H21FO4. The molecule has 0 heterocycles. The summed E-state index contributed by atoms with van der Waals surface area (Å²) in [5.41, 5.74) is 1.71. The van der Waals surface area contributed by atoms with Gasteiger partial charge in [-0.15, -0.1) is 0 Å². The highest BCUT2D eigenvalue weighted by Gasteiger charge is 2.22. The molecule has 2 aromatic carbocycles. The highest BCUT2D eigenvalue weighted by Crippen LogP contribution is 2.27. The average Bonchev–Trinajstić information content (AvgIpc) is 2.61. The molecule has 2 atom stereocenters. The van der Waals surface area contributed by atoms with Crippen LogP contribution >= 0.6 is 0 Å². The summed E-state index contributed by atoms with van der Waals surface area (Å²) in [4.78, 5) is 23.5. The molecule has 0 amide bonds. The van der Waals surface area contributed by atoms with E-state index in [-0.39, 0.29) is 0 Å². The summed E-state index contributed by atoms with van der Waals surface area (Å²) < 4.78 is 24.5. The van der Waals surface area contributed by atoms with Gasteiger partial charge in [-0.3, -0.25) is 4.79 Å². The van der Waals surface area contributed by atoms with Crippen molar-refractivity contribution in [3.05, 3.63) is 72.1 Å². The molecule has 0 aliphatic rings. The van der Waals surface area contributed by atoms with Gasteiger partial charge < -0.3 is 9.47 Å². The van der Waals surface area contributed by atoms with Gasteiger partial charge in [-0.1, -0.05) is 48.5 Å². The zero-order chi connectivity index (χ0) is 19.1. The van der Waals surface area contributed by atoms with Gasteiger partial charge in [0.1, 0.15) is 5.82 Å². The van der Waals surface area contributed by atoms with Gasteiger partial charge in [0.15, 0.2) is 0 Å². The van der Waals surface area contributed by atoms with Crippen molar-refractivity contribution in [2.75, 3.05) is 0 Å². The molecule has 0 radical (unpaired) electrons. The van der Waals surface area contributed by atoms with Gasteiger partial charge >= 0.3 is 11.9 Å². The van der Waals surface area contributed by atoms with Crippen LogP contribution in [0.25, 0.3) is 11.1 Å². The number of allylic oxidation sites excluding steroid dienone is 1. The van der Waals surface area contributed by atoms with E-state index in [1.165, 1.54) is 25.1 Å². The second-order valence-corrected chi connectivity index (χ2v) is 5.77. The van der Waals surface area contributed by atoms with Crippen molar-refractivity contribution in [1.29, 1.82) is 0 Å². The largest absolute Gasteiger partial charge is 0.425 e. The summed E-state index contributed by atoms with van der Waals surface area (Å²) in [6, 6.07) is 13.8. The van der Waals surface area contributed by atoms with Gasteiger partial charge in [-0.25, -0.2) is 9.18 Å². The van der Waals surface area contributed by atoms with Gasteiger partial charge in [0.05, 0.1) is 5.92 Å². The Morgan fingerprint density at radius 1 is 1.04 bits per heavy atom. The third-order valence-corrected chi connectivity index (χ3v) is 3.80. The summed E-state index contributed by atoms with van der Waals surface area (Å²) in [5.74, 6) is -2.31. The Morgan fingerprint density at radius 3 is 2.35 bits per heavy atom. The van der Waals surface area contributed by atoms with Crippen LogP contribution in [-0.2, 0) is 19.1 Å². The summed E-state index contributed by atoms with van der Waals surface area (Å²) >= 11 is 0. The number of hydrogen-bond acceptors (Lipinski definition) is 4. The fourth-order valence-electron chi connectivity index (χ4n) is 2.42. The third-order valence-electron chi connectivity index (χ3n) is 3.80. The first-order chi connectivity index (χ1) is 12.4. The van der Waals surface area contributed by atoms with Crippen LogP contribution in [0.5, 0.6) is 0 Å². The van der Waals surface area contributed by atoms with Crippen LogP contribution in [0, 0.1) is 5.82 Å². The number of carbonyl (C=O) groups is 2. The molecule has 0 aliphatic heterocycles. The van der Waals surface area contributed by atoms with Crippen molar-refractivity contribution in [3.63, 3.8) is 0 Å². The fourth-order valence-corrected chi connectivity index (χ4v) is 2.42. The Hall–Kier alpha value is -2.95. The number of ether oxygens (including phenoxy) is 2. The van der Waals surface area contributed by atoms with Crippen molar-refractivity contribution < 1.29 is 23.5 Å². The van der Waals surface area contributed by atoms with Gasteiger partial charge in [-0.05, 0) is 31.0 Å². The first-order valence-electron chi connectivity index (χ1n) is 8.31. The van der Waals surface area contributed by atoms with Crippen LogP contribution in [-0.4, -0.2) is 18.2 Å². The molecule has 2 aromatic rings. The van der Waals surface area contributed by atoms with Crippen LogP contribution in [0.2, 0.25) is 0 Å². The summed E-state index contributed by atoms with van der Waals surface area (Å²) in [6.07, 6.45) is 1.73. The molecule has 0 N–H and O–H groups in total. The van der Waals surface area contributed by atoms with Crippen molar-refractivity contribution in [1.82, 2.24) is 0 Å². The van der Waals surface area contributed by atoms with Crippen LogP contribution < -0.4 is 0 Å². The Morgan fingerprint density at radius 2 is 1.73 bits per heavy atom. The van der Waals surface area contributed by atoms with Gasteiger partial charge in [0.25, 0.3) is 0 Å². The van der Waals surface area contributed by atoms with Crippen molar-refractivity contribution >= 4 is 11.9 Å². The standard InChI is InChI=1S/C21H21FO4/c1-4-8-20(23)25-15(3)26-21(24)14(2)17-11-12-18(19(22)13-17)16-9-6-5-7-10-16/h4-15H,1-3H3. The molecule has 0 bridgehead atoms. The third kappa shape index (κ3) is 5.02. The summed E-state index contributed by atoms with van der Waals surface area (Å²) in [7, 11) is 0. The monoisotopic (exact) mass is 356 g/mol. The maximum absolute atomic E-state index is 14.4. The molecule has 26 heavy (non-hydrogen) atoms. The number of rotatable bonds is 6. The van der Waals surface area contributed by atoms with E-state index < -0.39 is 30.0 Å². The van der Waals surface area contributed by atoms with Crippen LogP contribution in [0.15, 0.2) is 60.7 Å². The molecule has 2 rings (SSSR count). The van der Waals surface area contributed by atoms with E-state index in [9.17, 15) is 14.0 Å². The topological polar surface area (TPSA) is 52.6 Å². The molecule has 2 unspecified atom stereocenters. The fraction of sp³-hybridized carbons (Fsp3) is 0.238. The van der Waals surface area contributed by atoms with Gasteiger partial charge in [0.2, 0.25) is 6.29 Å². The quantitative estimate of drug-likeness (QED) is 0.431. The zero-order valence-corrected chi connectivity index (χ0v) is 14.9. The summed E-state index contributed by atoms with van der Waals surface area (Å²) in [6.45, 7) is 4.73. The molecule has 5 heteroatoms. The van der Waals surface area contributed by atoms with E-state index in [0.29, 0.717) is 11.1 Å². The molecule has 0 saturated carbocycles. The molecule has 0 saturated heterocycles. The number of hydrogen-bond donors (Lipinski definition) is 0. The smallest absolute Gasteiger partial charge is 0.333 e. The van der Waals surface area contributed by atoms with E-state index in [1.54, 1.807) is 26.0 Å². The van der Waals surface area contributed by atoms with Crippen molar-refractivity contribution in [3.8, 4) is 11.1 Å². The van der Waals surface area contributed by atoms with Crippen molar-refractivity contribution in [2.24, 2.45) is 0 Å². The van der Waals surface area contributed by atoms with E-state index in [4.69, 9.17) is 9.47 Å². The Balaban J connectivity index is 2.07. The minimum atomic E-state index is -1.03. The molecular weight excluding hydrogens is 335 g/mol. The average molecular weight is 356 g/mol. The van der Waals surface area contributed by atoms with E-state index in [2.05, 4.69) is 0 Å². The lowest BCUT2D eigenvalue weighted by Crippen LogP contribution is -2.23.